The summed E-state index contributed by atoms with van der Waals surface area (Å²) < 4.78 is 46.2. The predicted octanol–water partition coefficient (Wildman–Crippen LogP) is 5.02. The van der Waals surface area contributed by atoms with Crippen LogP contribution in [0.1, 0.15) is 21.6 Å². The summed E-state index contributed by atoms with van der Waals surface area (Å²) in [5.74, 6) is 0.273. The van der Waals surface area contributed by atoms with Gasteiger partial charge in [-0.1, -0.05) is 12.1 Å². The van der Waals surface area contributed by atoms with Gasteiger partial charge in [0.1, 0.15) is 17.3 Å². The number of nitrogens with one attached hydrogen (secondary N) is 3. The summed E-state index contributed by atoms with van der Waals surface area (Å²) >= 11 is 0. The van der Waals surface area contributed by atoms with Crippen LogP contribution in [0.15, 0.2) is 73.2 Å². The molecule has 0 aliphatic rings. The largest absolute Gasteiger partial charge is 0.495 e. The lowest BCUT2D eigenvalue weighted by Crippen LogP contribution is -2.21. The Hall–Kier alpha value is -4.87. The molecule has 9 nitrogen and oxygen atoms in total. The standard InChI is InChI=1S/C26H23F3N6O3/c1-30-24(36)22-19(7-4-10-31-22)23-32-11-12-35(23)15-16-5-3-6-18(13-16)33-25(37)34-20-14-17(26(27,28)29)8-9-21(20)38-2/h3-14H,15H2,1-2H3,(H,30,36)(H2,33,34,37). The average Bonchev–Trinajstić information content (AvgIpc) is 3.35. The van der Waals surface area contributed by atoms with Crippen molar-refractivity contribution in [3.63, 3.8) is 0 Å². The molecule has 2 aromatic carbocycles. The summed E-state index contributed by atoms with van der Waals surface area (Å²) in [6.45, 7) is 0.357. The highest BCUT2D eigenvalue weighted by Gasteiger charge is 2.31. The van der Waals surface area contributed by atoms with Crippen molar-refractivity contribution >= 4 is 23.3 Å². The highest BCUT2D eigenvalue weighted by molar-refractivity contribution is 6.01. The molecule has 2 aromatic heterocycles. The van der Waals surface area contributed by atoms with Crippen molar-refractivity contribution in [2.24, 2.45) is 0 Å². The number of hydrogen-bond donors (Lipinski definition) is 3. The Kier molecular flexibility index (Phi) is 7.61. The highest BCUT2D eigenvalue weighted by atomic mass is 19.4. The Morgan fingerprint density at radius 3 is 2.55 bits per heavy atom. The number of amides is 3. The molecular weight excluding hydrogens is 501 g/mol. The number of halogens is 3. The van der Waals surface area contributed by atoms with Gasteiger partial charge in [-0.25, -0.2) is 9.78 Å². The Morgan fingerprint density at radius 2 is 1.82 bits per heavy atom. The predicted molar refractivity (Wildman–Crippen MR) is 135 cm³/mol. The number of aromatic nitrogens is 3. The van der Waals surface area contributed by atoms with Crippen molar-refractivity contribution in [2.45, 2.75) is 12.7 Å². The van der Waals surface area contributed by atoms with Crippen molar-refractivity contribution in [3.05, 3.63) is 90.0 Å². The van der Waals surface area contributed by atoms with Crippen molar-refractivity contribution < 1.29 is 27.5 Å². The van der Waals surface area contributed by atoms with Crippen LogP contribution in [-0.4, -0.2) is 40.6 Å². The number of ether oxygens (including phenoxy) is 1. The molecule has 3 N–H and O–H groups in total. The van der Waals surface area contributed by atoms with Gasteiger partial charge in [0.25, 0.3) is 5.91 Å². The fraction of sp³-hybridized carbons (Fsp3) is 0.154. The van der Waals surface area contributed by atoms with Gasteiger partial charge >= 0.3 is 12.2 Å². The minimum Gasteiger partial charge on any atom is -0.495 e. The first-order valence-electron chi connectivity index (χ1n) is 11.3. The first kappa shape index (κ1) is 26.2. The number of imidazole rings is 1. The number of carbonyl (C=O) groups is 2. The van der Waals surface area contributed by atoms with Crippen LogP contribution in [0.5, 0.6) is 5.75 Å². The van der Waals surface area contributed by atoms with E-state index < -0.39 is 17.8 Å². The summed E-state index contributed by atoms with van der Waals surface area (Å²) in [6.07, 6.45) is 0.309. The van der Waals surface area contributed by atoms with Crippen LogP contribution in [-0.2, 0) is 12.7 Å². The minimum absolute atomic E-state index is 0.0843. The molecule has 0 fully saturated rings. The van der Waals surface area contributed by atoms with Gasteiger partial charge in [-0.3, -0.25) is 9.78 Å². The highest BCUT2D eigenvalue weighted by Crippen LogP contribution is 2.35. The number of hydrogen-bond acceptors (Lipinski definition) is 5. The van der Waals surface area contributed by atoms with Gasteiger partial charge in [0.05, 0.1) is 18.4 Å². The molecule has 0 aliphatic heterocycles. The lowest BCUT2D eigenvalue weighted by molar-refractivity contribution is -0.137. The zero-order chi connectivity index (χ0) is 27.3. The monoisotopic (exact) mass is 524 g/mol. The Labute approximate surface area is 215 Å². The molecule has 4 aromatic rings. The Balaban J connectivity index is 1.51. The van der Waals surface area contributed by atoms with Gasteiger partial charge in [0.15, 0.2) is 0 Å². The van der Waals surface area contributed by atoms with E-state index in [2.05, 4.69) is 25.9 Å². The van der Waals surface area contributed by atoms with Crippen LogP contribution in [0.4, 0.5) is 29.3 Å². The average molecular weight is 525 g/mol. The molecule has 38 heavy (non-hydrogen) atoms. The van der Waals surface area contributed by atoms with E-state index in [1.807, 2.05) is 10.6 Å². The summed E-state index contributed by atoms with van der Waals surface area (Å²) in [5.41, 5.74) is 0.964. The first-order valence-corrected chi connectivity index (χ1v) is 11.3. The topological polar surface area (TPSA) is 110 Å². The van der Waals surface area contributed by atoms with E-state index in [0.717, 1.165) is 23.8 Å². The molecule has 0 spiro atoms. The molecule has 4 rings (SSSR count). The maximum atomic E-state index is 13.1. The van der Waals surface area contributed by atoms with Gasteiger partial charge in [-0.2, -0.15) is 13.2 Å². The van der Waals surface area contributed by atoms with E-state index in [-0.39, 0.29) is 23.0 Å². The number of alkyl halides is 3. The lowest BCUT2D eigenvalue weighted by atomic mass is 10.1. The van der Waals surface area contributed by atoms with Crippen molar-refractivity contribution in [3.8, 4) is 17.1 Å². The number of urea groups is 1. The Bertz CT molecular complexity index is 1470. The zero-order valence-corrected chi connectivity index (χ0v) is 20.3. The first-order chi connectivity index (χ1) is 18.2. The number of carbonyl (C=O) groups excluding carboxylic acids is 2. The molecule has 196 valence electrons. The minimum atomic E-state index is -4.57. The molecule has 0 radical (unpaired) electrons. The van der Waals surface area contributed by atoms with E-state index in [1.165, 1.54) is 20.4 Å². The molecule has 0 aliphatic carbocycles. The normalized spacial score (nSPS) is 11.1. The maximum absolute atomic E-state index is 13.1. The van der Waals surface area contributed by atoms with Crippen molar-refractivity contribution in [1.29, 1.82) is 0 Å². The van der Waals surface area contributed by atoms with Gasteiger partial charge in [-0.05, 0) is 48.0 Å². The number of pyridine rings is 1. The van der Waals surface area contributed by atoms with Gasteiger partial charge < -0.3 is 25.3 Å². The van der Waals surface area contributed by atoms with Crippen LogP contribution in [0.2, 0.25) is 0 Å². The molecule has 0 atom stereocenters. The van der Waals surface area contributed by atoms with Crippen molar-refractivity contribution in [1.82, 2.24) is 19.9 Å². The molecule has 3 amide bonds. The second-order valence-electron chi connectivity index (χ2n) is 8.05. The van der Waals surface area contributed by atoms with E-state index in [0.29, 0.717) is 23.6 Å². The number of anilines is 2. The summed E-state index contributed by atoms with van der Waals surface area (Å²) in [5, 5.41) is 7.59. The number of nitrogens with zero attached hydrogens (tertiary/aromatic N) is 3. The number of rotatable bonds is 7. The molecule has 0 saturated carbocycles. The quantitative estimate of drug-likeness (QED) is 0.314. The van der Waals surface area contributed by atoms with Crippen LogP contribution in [0.3, 0.4) is 0 Å². The molecule has 0 bridgehead atoms. The number of methoxy groups -OCH3 is 1. The molecule has 12 heteroatoms. The fourth-order valence-corrected chi connectivity index (χ4v) is 3.78. The van der Waals surface area contributed by atoms with Gasteiger partial charge in [0, 0.05) is 43.4 Å². The van der Waals surface area contributed by atoms with Crippen LogP contribution in [0.25, 0.3) is 11.4 Å². The Morgan fingerprint density at radius 1 is 1.00 bits per heavy atom. The fourth-order valence-electron chi connectivity index (χ4n) is 3.78. The third-order valence-electron chi connectivity index (χ3n) is 5.52. The molecule has 0 saturated heterocycles. The second-order valence-corrected chi connectivity index (χ2v) is 8.05. The third-order valence-corrected chi connectivity index (χ3v) is 5.52. The lowest BCUT2D eigenvalue weighted by Gasteiger charge is -2.15. The number of benzene rings is 2. The van der Waals surface area contributed by atoms with E-state index in [1.54, 1.807) is 42.7 Å². The third kappa shape index (κ3) is 5.91. The second kappa shape index (κ2) is 11.0. The molecule has 0 unspecified atom stereocenters. The zero-order valence-electron chi connectivity index (χ0n) is 20.3. The SMILES string of the molecule is CNC(=O)c1ncccc1-c1nccn1Cc1cccc(NC(=O)Nc2cc(C(F)(F)F)ccc2OC)c1. The van der Waals surface area contributed by atoms with Crippen LogP contribution < -0.4 is 20.7 Å². The van der Waals surface area contributed by atoms with Crippen molar-refractivity contribution in [2.75, 3.05) is 24.8 Å². The van der Waals surface area contributed by atoms with E-state index in [4.69, 9.17) is 4.74 Å². The maximum Gasteiger partial charge on any atom is 0.416 e. The van der Waals surface area contributed by atoms with E-state index in [9.17, 15) is 22.8 Å². The summed E-state index contributed by atoms with van der Waals surface area (Å²) in [4.78, 5) is 33.4. The van der Waals surface area contributed by atoms with Gasteiger partial charge in [0.2, 0.25) is 0 Å². The summed E-state index contributed by atoms with van der Waals surface area (Å²) in [6, 6.07) is 12.5. The smallest absolute Gasteiger partial charge is 0.416 e. The summed E-state index contributed by atoms with van der Waals surface area (Å²) in [7, 11) is 2.81. The molecule has 2 heterocycles. The van der Waals surface area contributed by atoms with E-state index >= 15 is 0 Å². The van der Waals surface area contributed by atoms with Gasteiger partial charge in [-0.15, -0.1) is 0 Å². The molecular formula is C26H23F3N6O3. The van der Waals surface area contributed by atoms with Crippen LogP contribution in [0, 0.1) is 0 Å². The van der Waals surface area contributed by atoms with Crippen LogP contribution >= 0.6 is 0 Å².